The van der Waals surface area contributed by atoms with Crippen LogP contribution in [0.3, 0.4) is 0 Å². The largest absolute Gasteiger partial charge is 0.478 e. The molecule has 0 spiro atoms. The number of aliphatic carboxylic acids is 1. The standard InChI is InChI=1S/C15H26N4O2/c1-6-19(11-7-10-17(3)4)15-13(8-9-14(20)21)12(2)16-18(15)5/h8-9H,6-7,10-11H2,1-5H3,(H,20,21)/b9-8+. The molecule has 0 fully saturated rings. The van der Waals surface area contributed by atoms with Crippen molar-refractivity contribution in [3.05, 3.63) is 17.3 Å². The van der Waals surface area contributed by atoms with Crippen molar-refractivity contribution in [2.24, 2.45) is 7.05 Å². The second-order valence-corrected chi connectivity index (χ2v) is 5.35. The number of nitrogens with zero attached hydrogens (tertiary/aromatic N) is 4. The first-order valence-corrected chi connectivity index (χ1v) is 7.21. The van der Waals surface area contributed by atoms with E-state index in [0.717, 1.165) is 43.1 Å². The van der Waals surface area contributed by atoms with Gasteiger partial charge in [-0.2, -0.15) is 5.10 Å². The summed E-state index contributed by atoms with van der Waals surface area (Å²) in [5.41, 5.74) is 1.72. The van der Waals surface area contributed by atoms with Crippen molar-refractivity contribution in [3.63, 3.8) is 0 Å². The van der Waals surface area contributed by atoms with Gasteiger partial charge in [0.05, 0.1) is 5.69 Å². The third-order valence-electron chi connectivity index (χ3n) is 3.34. The summed E-state index contributed by atoms with van der Waals surface area (Å²) in [6.45, 7) is 6.80. The zero-order valence-corrected chi connectivity index (χ0v) is 13.6. The number of hydrogen-bond acceptors (Lipinski definition) is 4. The average molecular weight is 294 g/mol. The molecule has 21 heavy (non-hydrogen) atoms. The van der Waals surface area contributed by atoms with Gasteiger partial charge in [0.15, 0.2) is 0 Å². The van der Waals surface area contributed by atoms with Crippen LogP contribution in [0.1, 0.15) is 24.6 Å². The summed E-state index contributed by atoms with van der Waals surface area (Å²) >= 11 is 0. The lowest BCUT2D eigenvalue weighted by atomic mass is 10.2. The number of carboxylic acids is 1. The molecule has 0 saturated heterocycles. The van der Waals surface area contributed by atoms with Crippen molar-refractivity contribution in [1.82, 2.24) is 14.7 Å². The van der Waals surface area contributed by atoms with Crippen LogP contribution in [0.4, 0.5) is 5.82 Å². The highest BCUT2D eigenvalue weighted by atomic mass is 16.4. The molecule has 0 aliphatic carbocycles. The molecule has 1 heterocycles. The van der Waals surface area contributed by atoms with Gasteiger partial charge in [-0.25, -0.2) is 4.79 Å². The minimum Gasteiger partial charge on any atom is -0.478 e. The minimum absolute atomic E-state index is 0.844. The Kier molecular flexibility index (Phi) is 6.42. The Bertz CT molecular complexity index is 506. The Labute approximate surface area is 126 Å². The van der Waals surface area contributed by atoms with E-state index in [9.17, 15) is 4.79 Å². The second-order valence-electron chi connectivity index (χ2n) is 5.35. The van der Waals surface area contributed by atoms with E-state index < -0.39 is 5.97 Å². The quantitative estimate of drug-likeness (QED) is 0.738. The maximum atomic E-state index is 10.8. The van der Waals surface area contributed by atoms with Crippen molar-refractivity contribution >= 4 is 17.9 Å². The molecule has 0 saturated carbocycles. The van der Waals surface area contributed by atoms with Crippen molar-refractivity contribution in [3.8, 4) is 0 Å². The number of carbonyl (C=O) groups is 1. The molecule has 1 rings (SSSR count). The van der Waals surface area contributed by atoms with E-state index in [4.69, 9.17) is 5.11 Å². The summed E-state index contributed by atoms with van der Waals surface area (Å²) in [6, 6.07) is 0. The molecule has 0 bridgehead atoms. The Morgan fingerprint density at radius 1 is 1.38 bits per heavy atom. The van der Waals surface area contributed by atoms with Crippen LogP contribution in [0.2, 0.25) is 0 Å². The van der Waals surface area contributed by atoms with Crippen LogP contribution < -0.4 is 4.90 Å². The predicted octanol–water partition coefficient (Wildman–Crippen LogP) is 1.60. The van der Waals surface area contributed by atoms with Crippen molar-refractivity contribution < 1.29 is 9.90 Å². The van der Waals surface area contributed by atoms with Gasteiger partial charge in [0.2, 0.25) is 0 Å². The summed E-state index contributed by atoms with van der Waals surface area (Å²) < 4.78 is 1.83. The molecule has 6 nitrogen and oxygen atoms in total. The Balaban J connectivity index is 2.99. The van der Waals surface area contributed by atoms with Gasteiger partial charge in [-0.15, -0.1) is 0 Å². The van der Waals surface area contributed by atoms with Crippen LogP contribution in [0.5, 0.6) is 0 Å². The molecule has 1 aromatic heterocycles. The van der Waals surface area contributed by atoms with Crippen molar-refractivity contribution in [1.29, 1.82) is 0 Å². The Hall–Kier alpha value is -1.82. The molecule has 0 unspecified atom stereocenters. The molecular formula is C15H26N4O2. The van der Waals surface area contributed by atoms with Crippen LogP contribution in [-0.2, 0) is 11.8 Å². The van der Waals surface area contributed by atoms with Crippen LogP contribution in [-0.4, -0.2) is 59.5 Å². The zero-order valence-electron chi connectivity index (χ0n) is 13.6. The highest BCUT2D eigenvalue weighted by Crippen LogP contribution is 2.24. The lowest BCUT2D eigenvalue weighted by Crippen LogP contribution is -2.29. The molecule has 0 aliphatic heterocycles. The summed E-state index contributed by atoms with van der Waals surface area (Å²) in [4.78, 5) is 15.2. The van der Waals surface area contributed by atoms with Crippen molar-refractivity contribution in [2.75, 3.05) is 38.6 Å². The average Bonchev–Trinajstić information content (AvgIpc) is 2.66. The maximum Gasteiger partial charge on any atom is 0.328 e. The van der Waals surface area contributed by atoms with Crippen molar-refractivity contribution in [2.45, 2.75) is 20.3 Å². The normalized spacial score (nSPS) is 11.5. The molecule has 0 aromatic carbocycles. The van der Waals surface area contributed by atoms with Gasteiger partial charge in [-0.05, 0) is 47.0 Å². The third kappa shape index (κ3) is 4.90. The number of aryl methyl sites for hydroxylation is 2. The minimum atomic E-state index is -0.945. The number of carboxylic acid groups (broad SMARTS) is 1. The SMILES string of the molecule is CCN(CCCN(C)C)c1c(/C=C/C(=O)O)c(C)nn1C. The topological polar surface area (TPSA) is 61.6 Å². The van der Waals surface area contributed by atoms with Gasteiger partial charge in [0, 0.05) is 31.8 Å². The van der Waals surface area contributed by atoms with E-state index >= 15 is 0 Å². The van der Waals surface area contributed by atoms with Gasteiger partial charge in [-0.1, -0.05) is 0 Å². The molecule has 118 valence electrons. The van der Waals surface area contributed by atoms with Crippen LogP contribution in [0, 0.1) is 6.92 Å². The zero-order chi connectivity index (χ0) is 16.0. The lowest BCUT2D eigenvalue weighted by Gasteiger charge is -2.24. The molecule has 0 atom stereocenters. The van der Waals surface area contributed by atoms with Gasteiger partial charge in [-0.3, -0.25) is 4.68 Å². The number of rotatable bonds is 8. The molecule has 6 heteroatoms. The van der Waals surface area contributed by atoms with Gasteiger partial charge in [0.1, 0.15) is 5.82 Å². The van der Waals surface area contributed by atoms with Gasteiger partial charge in [0.25, 0.3) is 0 Å². The fourth-order valence-corrected chi connectivity index (χ4v) is 2.38. The van der Waals surface area contributed by atoms with Crippen LogP contribution in [0.25, 0.3) is 6.08 Å². The number of hydrogen-bond donors (Lipinski definition) is 1. The molecule has 0 aliphatic rings. The van der Waals surface area contributed by atoms with E-state index in [1.807, 2.05) is 18.7 Å². The summed E-state index contributed by atoms with van der Waals surface area (Å²) in [6.07, 6.45) is 3.85. The van der Waals surface area contributed by atoms with E-state index in [1.165, 1.54) is 6.08 Å². The molecular weight excluding hydrogens is 268 g/mol. The first kappa shape index (κ1) is 17.2. The van der Waals surface area contributed by atoms with E-state index in [1.54, 1.807) is 6.08 Å². The summed E-state index contributed by atoms with van der Waals surface area (Å²) in [5, 5.41) is 13.2. The molecule has 1 aromatic rings. The Morgan fingerprint density at radius 2 is 2.05 bits per heavy atom. The van der Waals surface area contributed by atoms with Gasteiger partial charge < -0.3 is 14.9 Å². The fourth-order valence-electron chi connectivity index (χ4n) is 2.38. The monoisotopic (exact) mass is 294 g/mol. The second kappa shape index (κ2) is 7.83. The van der Waals surface area contributed by atoms with Crippen LogP contribution >= 0.6 is 0 Å². The highest BCUT2D eigenvalue weighted by Gasteiger charge is 2.16. The summed E-state index contributed by atoms with van der Waals surface area (Å²) in [5.74, 6) is 0.0334. The third-order valence-corrected chi connectivity index (χ3v) is 3.34. The summed E-state index contributed by atoms with van der Waals surface area (Å²) in [7, 11) is 6.02. The van der Waals surface area contributed by atoms with Gasteiger partial charge >= 0.3 is 5.97 Å². The fraction of sp³-hybridized carbons (Fsp3) is 0.600. The predicted molar refractivity (Wildman–Crippen MR) is 85.7 cm³/mol. The Morgan fingerprint density at radius 3 is 2.57 bits per heavy atom. The lowest BCUT2D eigenvalue weighted by molar-refractivity contribution is -0.131. The van der Waals surface area contributed by atoms with Crippen LogP contribution in [0.15, 0.2) is 6.08 Å². The number of anilines is 1. The van der Waals surface area contributed by atoms with E-state index in [2.05, 4.69) is 35.9 Å². The molecule has 1 N–H and O–H groups in total. The van der Waals surface area contributed by atoms with E-state index in [0.29, 0.717) is 0 Å². The number of aromatic nitrogens is 2. The highest BCUT2D eigenvalue weighted by molar-refractivity contribution is 5.87. The molecule has 0 amide bonds. The first-order valence-electron chi connectivity index (χ1n) is 7.21. The van der Waals surface area contributed by atoms with E-state index in [-0.39, 0.29) is 0 Å². The molecule has 0 radical (unpaired) electrons. The smallest absolute Gasteiger partial charge is 0.328 e. The first-order chi connectivity index (χ1) is 9.86. The maximum absolute atomic E-state index is 10.8.